The van der Waals surface area contributed by atoms with Crippen LogP contribution in [0.2, 0.25) is 0 Å². The van der Waals surface area contributed by atoms with Crippen LogP contribution in [-0.2, 0) is 0 Å². The highest BCUT2D eigenvalue weighted by Crippen LogP contribution is 2.30. The van der Waals surface area contributed by atoms with Crippen molar-refractivity contribution >= 4 is 77.4 Å². The van der Waals surface area contributed by atoms with E-state index >= 15 is 0 Å². The lowest BCUT2D eigenvalue weighted by Gasteiger charge is -2.11. The molecule has 5 rings (SSSR count). The van der Waals surface area contributed by atoms with Gasteiger partial charge in [-0.25, -0.2) is 14.0 Å². The van der Waals surface area contributed by atoms with E-state index in [1.807, 2.05) is 48.5 Å². The number of aromatic hydroxyl groups is 2. The first kappa shape index (κ1) is 29.4. The van der Waals surface area contributed by atoms with Gasteiger partial charge in [0.1, 0.15) is 17.3 Å². The third-order valence-corrected chi connectivity index (χ3v) is 6.95. The number of para-hydroxylation sites is 2. The van der Waals surface area contributed by atoms with Gasteiger partial charge in [-0.05, 0) is 91.2 Å². The van der Waals surface area contributed by atoms with E-state index in [9.17, 15) is 24.2 Å². The van der Waals surface area contributed by atoms with Crippen LogP contribution in [0.1, 0.15) is 0 Å². The number of carbonyl (C=O) groups excluding carboxylic acids is 2. The first-order valence-corrected chi connectivity index (χ1v) is 13.6. The van der Waals surface area contributed by atoms with Crippen molar-refractivity contribution in [3.8, 4) is 11.5 Å². The van der Waals surface area contributed by atoms with Crippen LogP contribution in [0.15, 0.2) is 112 Å². The van der Waals surface area contributed by atoms with Gasteiger partial charge < -0.3 is 31.5 Å². The molecule has 0 atom stereocenters. The van der Waals surface area contributed by atoms with Crippen molar-refractivity contribution in [3.63, 3.8) is 0 Å². The number of phenols is 2. The maximum absolute atomic E-state index is 12.8. The summed E-state index contributed by atoms with van der Waals surface area (Å²) in [5.74, 6) is -0.877. The number of amides is 4. The molecule has 0 heterocycles. The maximum atomic E-state index is 12.8. The summed E-state index contributed by atoms with van der Waals surface area (Å²) in [7, 11) is 0. The second-order valence-electron chi connectivity index (χ2n) is 8.50. The number of halogens is 3. The Kier molecular flexibility index (Phi) is 9.77. The molecule has 0 aliphatic heterocycles. The van der Waals surface area contributed by atoms with E-state index in [0.29, 0.717) is 17.1 Å². The molecule has 0 aromatic heterocycles. The Morgan fingerprint density at radius 3 is 1.51 bits per heavy atom. The van der Waals surface area contributed by atoms with Gasteiger partial charge in [-0.2, -0.15) is 0 Å². The fourth-order valence-electron chi connectivity index (χ4n) is 3.62. The smallest absolute Gasteiger partial charge is 0.323 e. The average molecular weight is 682 g/mol. The first-order chi connectivity index (χ1) is 19.7. The minimum Gasteiger partial charge on any atom is -0.506 e. The van der Waals surface area contributed by atoms with E-state index in [1.165, 1.54) is 6.07 Å². The molecule has 11 heteroatoms. The second kappa shape index (κ2) is 13.6. The Labute approximate surface area is 251 Å². The molecular weight excluding hydrogens is 659 g/mol. The highest BCUT2D eigenvalue weighted by molar-refractivity contribution is 9.11. The van der Waals surface area contributed by atoms with Crippen molar-refractivity contribution in [3.05, 3.63) is 118 Å². The zero-order valence-corrected chi connectivity index (χ0v) is 24.3. The Morgan fingerprint density at radius 1 is 0.537 bits per heavy atom. The molecule has 0 spiro atoms. The monoisotopic (exact) mass is 680 g/mol. The average Bonchev–Trinajstić information content (AvgIpc) is 2.94. The standard InChI is InChI=1S/C17H13BrN2O2.C13H10BrFN2O2/c18-13-7-3-4-8-14(13)19-17(22)20-15-9-11-5-1-2-6-12(11)10-16(15)21;14-9-3-1-2-4-10(9)16-13(19)17-11-6-5-8(15)7-12(11)18/h1-10,21H,(H2,19,20,22);1-7,18H,(H2,16,17,19). The summed E-state index contributed by atoms with van der Waals surface area (Å²) in [6.07, 6.45) is 0. The fraction of sp³-hybridized carbons (Fsp3) is 0. The topological polar surface area (TPSA) is 123 Å². The molecule has 0 unspecified atom stereocenters. The van der Waals surface area contributed by atoms with Crippen molar-refractivity contribution in [1.82, 2.24) is 0 Å². The molecule has 5 aromatic rings. The third-order valence-electron chi connectivity index (χ3n) is 5.56. The zero-order chi connectivity index (χ0) is 29.4. The Bertz CT molecular complexity index is 1720. The Balaban J connectivity index is 0.000000191. The van der Waals surface area contributed by atoms with Crippen LogP contribution in [0.5, 0.6) is 11.5 Å². The molecule has 0 bridgehead atoms. The lowest BCUT2D eigenvalue weighted by molar-refractivity contribution is 0.261. The van der Waals surface area contributed by atoms with Crippen LogP contribution in [0.25, 0.3) is 10.8 Å². The number of hydrogen-bond donors (Lipinski definition) is 6. The molecule has 0 aliphatic rings. The molecule has 0 aliphatic carbocycles. The van der Waals surface area contributed by atoms with E-state index in [2.05, 4.69) is 53.1 Å². The normalized spacial score (nSPS) is 10.2. The zero-order valence-electron chi connectivity index (χ0n) is 21.2. The summed E-state index contributed by atoms with van der Waals surface area (Å²) < 4.78 is 14.3. The second-order valence-corrected chi connectivity index (χ2v) is 10.2. The predicted octanol–water partition coefficient (Wildman–Crippen LogP) is 8.89. The van der Waals surface area contributed by atoms with Crippen LogP contribution < -0.4 is 21.3 Å². The van der Waals surface area contributed by atoms with Crippen LogP contribution in [0.3, 0.4) is 0 Å². The van der Waals surface area contributed by atoms with E-state index in [1.54, 1.807) is 36.4 Å². The molecule has 0 saturated carbocycles. The summed E-state index contributed by atoms with van der Waals surface area (Å²) in [5.41, 5.74) is 1.73. The van der Waals surface area contributed by atoms with Crippen molar-refractivity contribution in [2.45, 2.75) is 0 Å². The number of carbonyl (C=O) groups is 2. The highest BCUT2D eigenvalue weighted by Gasteiger charge is 2.10. The summed E-state index contributed by atoms with van der Waals surface area (Å²) in [6, 6.07) is 27.8. The van der Waals surface area contributed by atoms with Crippen molar-refractivity contribution in [2.75, 3.05) is 21.3 Å². The van der Waals surface area contributed by atoms with Crippen LogP contribution in [0, 0.1) is 5.82 Å². The first-order valence-electron chi connectivity index (χ1n) is 12.0. The van der Waals surface area contributed by atoms with Gasteiger partial charge in [-0.15, -0.1) is 0 Å². The number of urea groups is 2. The molecular formula is C30H23Br2FN4O4. The molecule has 208 valence electrons. The molecule has 8 nitrogen and oxygen atoms in total. The van der Waals surface area contributed by atoms with Gasteiger partial charge >= 0.3 is 12.1 Å². The van der Waals surface area contributed by atoms with Crippen LogP contribution >= 0.6 is 31.9 Å². The summed E-state index contributed by atoms with van der Waals surface area (Å²) in [4.78, 5) is 23.8. The van der Waals surface area contributed by atoms with Gasteiger partial charge in [0, 0.05) is 15.0 Å². The van der Waals surface area contributed by atoms with Gasteiger partial charge in [0.15, 0.2) is 0 Å². The van der Waals surface area contributed by atoms with E-state index in [4.69, 9.17) is 0 Å². The highest BCUT2D eigenvalue weighted by atomic mass is 79.9. The SMILES string of the molecule is O=C(Nc1cc2ccccc2cc1O)Nc1ccccc1Br.O=C(Nc1ccc(F)cc1O)Nc1ccccc1Br. The molecule has 0 radical (unpaired) electrons. The van der Waals surface area contributed by atoms with Gasteiger partial charge in [-0.1, -0.05) is 48.5 Å². The van der Waals surface area contributed by atoms with Crippen molar-refractivity contribution in [1.29, 1.82) is 0 Å². The fourth-order valence-corrected chi connectivity index (χ4v) is 4.38. The largest absolute Gasteiger partial charge is 0.506 e. The van der Waals surface area contributed by atoms with Gasteiger partial charge in [0.25, 0.3) is 0 Å². The Morgan fingerprint density at radius 2 is 0.976 bits per heavy atom. The van der Waals surface area contributed by atoms with E-state index in [-0.39, 0.29) is 17.2 Å². The summed E-state index contributed by atoms with van der Waals surface area (Å²) in [6.45, 7) is 0. The number of phenolic OH excluding ortho intramolecular Hbond substituents is 2. The predicted molar refractivity (Wildman–Crippen MR) is 167 cm³/mol. The number of nitrogens with one attached hydrogen (secondary N) is 4. The number of hydrogen-bond acceptors (Lipinski definition) is 4. The summed E-state index contributed by atoms with van der Waals surface area (Å²) >= 11 is 6.66. The van der Waals surface area contributed by atoms with Crippen molar-refractivity contribution < 1.29 is 24.2 Å². The number of anilines is 4. The minimum atomic E-state index is -0.575. The lowest BCUT2D eigenvalue weighted by atomic mass is 10.1. The molecule has 0 saturated heterocycles. The van der Waals surface area contributed by atoms with E-state index < -0.39 is 17.9 Å². The molecule has 41 heavy (non-hydrogen) atoms. The minimum absolute atomic E-state index is 0.0287. The molecule has 5 aromatic carbocycles. The molecule has 4 amide bonds. The maximum Gasteiger partial charge on any atom is 0.323 e. The quantitative estimate of drug-likeness (QED) is 0.106. The van der Waals surface area contributed by atoms with Gasteiger partial charge in [0.2, 0.25) is 0 Å². The Hall–Kier alpha value is -4.61. The molecule has 6 N–H and O–H groups in total. The summed E-state index contributed by atoms with van der Waals surface area (Å²) in [5, 5.41) is 31.8. The number of fused-ring (bicyclic) bond motifs is 1. The third kappa shape index (κ3) is 8.19. The van der Waals surface area contributed by atoms with Crippen molar-refractivity contribution in [2.24, 2.45) is 0 Å². The lowest BCUT2D eigenvalue weighted by Crippen LogP contribution is -2.19. The molecule has 0 fully saturated rings. The van der Waals surface area contributed by atoms with Crippen LogP contribution in [-0.4, -0.2) is 22.3 Å². The number of benzene rings is 5. The number of rotatable bonds is 4. The van der Waals surface area contributed by atoms with Gasteiger partial charge in [0.05, 0.1) is 22.7 Å². The van der Waals surface area contributed by atoms with Gasteiger partial charge in [-0.3, -0.25) is 0 Å². The van der Waals surface area contributed by atoms with E-state index in [0.717, 1.165) is 31.9 Å². The van der Waals surface area contributed by atoms with Crippen LogP contribution in [0.4, 0.5) is 36.7 Å².